The normalized spacial score (nSPS) is 15.1. The highest BCUT2D eigenvalue weighted by Gasteiger charge is 2.35. The maximum Gasteiger partial charge on any atom is 0.421 e. The maximum absolute atomic E-state index is 14.7. The van der Waals surface area contributed by atoms with Crippen molar-refractivity contribution >= 4 is 17.5 Å². The average molecular weight is 429 g/mol. The van der Waals surface area contributed by atoms with Crippen LogP contribution in [0.2, 0.25) is 0 Å². The van der Waals surface area contributed by atoms with E-state index in [9.17, 15) is 17.6 Å². The number of nitrogens with one attached hydrogen (secondary N) is 2. The number of anilines is 3. The van der Waals surface area contributed by atoms with Gasteiger partial charge in [-0.1, -0.05) is 0 Å². The Bertz CT molecular complexity index is 873. The van der Waals surface area contributed by atoms with Crippen molar-refractivity contribution in [3.8, 4) is 5.75 Å². The minimum Gasteiger partial charge on any atom is -0.496 e. The van der Waals surface area contributed by atoms with Crippen molar-refractivity contribution in [2.45, 2.75) is 19.6 Å². The highest BCUT2D eigenvalue weighted by atomic mass is 19.4. The van der Waals surface area contributed by atoms with Crippen LogP contribution in [-0.4, -0.2) is 54.8 Å². The summed E-state index contributed by atoms with van der Waals surface area (Å²) in [4.78, 5) is 9.66. The smallest absolute Gasteiger partial charge is 0.421 e. The molecule has 1 aliphatic heterocycles. The summed E-state index contributed by atoms with van der Waals surface area (Å²) in [6.07, 6.45) is -3.94. The largest absolute Gasteiger partial charge is 0.496 e. The monoisotopic (exact) mass is 429 g/mol. The lowest BCUT2D eigenvalue weighted by Gasteiger charge is -2.27. The van der Waals surface area contributed by atoms with Gasteiger partial charge in [0.15, 0.2) is 0 Å². The van der Waals surface area contributed by atoms with E-state index < -0.39 is 17.6 Å². The van der Waals surface area contributed by atoms with Crippen LogP contribution in [-0.2, 0) is 17.5 Å². The Morgan fingerprint density at radius 1 is 1.23 bits per heavy atom. The molecule has 0 amide bonds. The van der Waals surface area contributed by atoms with Crippen molar-refractivity contribution in [3.63, 3.8) is 0 Å². The van der Waals surface area contributed by atoms with Gasteiger partial charge in [0.25, 0.3) is 0 Å². The second-order valence-corrected chi connectivity index (χ2v) is 6.64. The van der Waals surface area contributed by atoms with Gasteiger partial charge in [-0.15, -0.1) is 0 Å². The van der Waals surface area contributed by atoms with E-state index in [2.05, 4.69) is 25.5 Å². The zero-order chi connectivity index (χ0) is 21.7. The van der Waals surface area contributed by atoms with E-state index in [4.69, 9.17) is 9.47 Å². The van der Waals surface area contributed by atoms with E-state index in [1.165, 1.54) is 19.2 Å². The SMILES string of the molecule is CCNc1nc(Nc2cc(OC)c(CN3CCOCC3)cc2F)ncc1C(F)(F)F. The first-order valence-electron chi connectivity index (χ1n) is 9.43. The molecule has 0 unspecified atom stereocenters. The van der Waals surface area contributed by atoms with Crippen LogP contribution in [0.3, 0.4) is 0 Å². The van der Waals surface area contributed by atoms with Gasteiger partial charge >= 0.3 is 6.18 Å². The molecule has 30 heavy (non-hydrogen) atoms. The summed E-state index contributed by atoms with van der Waals surface area (Å²) < 4.78 is 64.7. The summed E-state index contributed by atoms with van der Waals surface area (Å²) in [5.41, 5.74) is -0.335. The van der Waals surface area contributed by atoms with Gasteiger partial charge < -0.3 is 20.1 Å². The Morgan fingerprint density at radius 2 is 1.97 bits per heavy atom. The van der Waals surface area contributed by atoms with Crippen LogP contribution in [0.5, 0.6) is 5.75 Å². The lowest BCUT2D eigenvalue weighted by atomic mass is 10.1. The molecule has 0 atom stereocenters. The Labute approximate surface area is 171 Å². The lowest BCUT2D eigenvalue weighted by Crippen LogP contribution is -2.35. The van der Waals surface area contributed by atoms with Gasteiger partial charge in [0.2, 0.25) is 5.95 Å². The number of halogens is 4. The number of hydrogen-bond acceptors (Lipinski definition) is 7. The second-order valence-electron chi connectivity index (χ2n) is 6.64. The number of alkyl halides is 3. The summed E-state index contributed by atoms with van der Waals surface area (Å²) in [5.74, 6) is -0.684. The second kappa shape index (κ2) is 9.43. The fourth-order valence-electron chi connectivity index (χ4n) is 3.08. The summed E-state index contributed by atoms with van der Waals surface area (Å²) in [6, 6.07) is 2.78. The maximum atomic E-state index is 14.7. The number of nitrogens with zero attached hydrogens (tertiary/aromatic N) is 3. The van der Waals surface area contributed by atoms with Crippen molar-refractivity contribution in [3.05, 3.63) is 35.3 Å². The molecule has 3 rings (SSSR count). The van der Waals surface area contributed by atoms with Crippen molar-refractivity contribution in [1.29, 1.82) is 0 Å². The fraction of sp³-hybridized carbons (Fsp3) is 0.474. The third-order valence-electron chi connectivity index (χ3n) is 4.55. The number of aromatic nitrogens is 2. The molecule has 0 spiro atoms. The molecule has 1 aromatic carbocycles. The first-order chi connectivity index (χ1) is 14.3. The van der Waals surface area contributed by atoms with Crippen molar-refractivity contribution in [1.82, 2.24) is 14.9 Å². The van der Waals surface area contributed by atoms with Crippen molar-refractivity contribution < 1.29 is 27.0 Å². The van der Waals surface area contributed by atoms with Gasteiger partial charge in [-0.2, -0.15) is 18.2 Å². The Balaban J connectivity index is 1.84. The molecule has 11 heteroatoms. The highest BCUT2D eigenvalue weighted by Crippen LogP contribution is 2.34. The van der Waals surface area contributed by atoms with Gasteiger partial charge in [0, 0.05) is 44.0 Å². The minimum atomic E-state index is -4.61. The standard InChI is InChI=1S/C19H23F4N5O2/c1-3-24-17-13(19(21,22)23)10-25-18(27-17)26-15-9-16(29-2)12(8-14(15)20)11-28-4-6-30-7-5-28/h8-10H,3-7,11H2,1-2H3,(H2,24,25,26,27). The summed E-state index contributed by atoms with van der Waals surface area (Å²) in [6.45, 7) is 5.07. The third kappa shape index (κ3) is 5.28. The van der Waals surface area contributed by atoms with Gasteiger partial charge in [-0.3, -0.25) is 4.90 Å². The van der Waals surface area contributed by atoms with Crippen LogP contribution in [0, 0.1) is 5.82 Å². The minimum absolute atomic E-state index is 0.000199. The van der Waals surface area contributed by atoms with E-state index >= 15 is 0 Å². The van der Waals surface area contributed by atoms with Gasteiger partial charge in [0.05, 0.1) is 26.0 Å². The molecule has 7 nitrogen and oxygen atoms in total. The third-order valence-corrected chi connectivity index (χ3v) is 4.55. The van der Waals surface area contributed by atoms with Crippen LogP contribution in [0.1, 0.15) is 18.1 Å². The van der Waals surface area contributed by atoms with Gasteiger partial charge in [-0.25, -0.2) is 9.37 Å². The fourth-order valence-corrected chi connectivity index (χ4v) is 3.08. The number of morpholine rings is 1. The average Bonchev–Trinajstić information content (AvgIpc) is 2.70. The van der Waals surface area contributed by atoms with E-state index in [0.717, 1.165) is 13.1 Å². The molecule has 2 heterocycles. The molecule has 2 aromatic rings. The van der Waals surface area contributed by atoms with Crippen LogP contribution < -0.4 is 15.4 Å². The molecule has 0 saturated carbocycles. The molecule has 164 valence electrons. The summed E-state index contributed by atoms with van der Waals surface area (Å²) in [7, 11) is 1.47. The van der Waals surface area contributed by atoms with Crippen LogP contribution >= 0.6 is 0 Å². The zero-order valence-corrected chi connectivity index (χ0v) is 16.6. The first kappa shape index (κ1) is 22.0. The molecular weight excluding hydrogens is 406 g/mol. The van der Waals surface area contributed by atoms with Crippen LogP contribution in [0.25, 0.3) is 0 Å². The molecule has 1 aliphatic rings. The number of ether oxygens (including phenoxy) is 2. The first-order valence-corrected chi connectivity index (χ1v) is 9.43. The molecule has 1 fully saturated rings. The van der Waals surface area contributed by atoms with E-state index in [0.29, 0.717) is 37.3 Å². The quantitative estimate of drug-likeness (QED) is 0.651. The number of hydrogen-bond donors (Lipinski definition) is 2. The molecule has 0 radical (unpaired) electrons. The molecular formula is C19H23F4N5O2. The van der Waals surface area contributed by atoms with Crippen molar-refractivity contribution in [2.75, 3.05) is 50.6 Å². The molecule has 1 saturated heterocycles. The van der Waals surface area contributed by atoms with Gasteiger partial charge in [-0.05, 0) is 13.0 Å². The Morgan fingerprint density at radius 3 is 2.60 bits per heavy atom. The number of methoxy groups -OCH3 is 1. The van der Waals surface area contributed by atoms with Crippen LogP contribution in [0.15, 0.2) is 18.3 Å². The lowest BCUT2D eigenvalue weighted by molar-refractivity contribution is -0.137. The van der Waals surface area contributed by atoms with Crippen LogP contribution in [0.4, 0.5) is 35.0 Å². The Hall–Kier alpha value is -2.66. The summed E-state index contributed by atoms with van der Waals surface area (Å²) >= 11 is 0. The van der Waals surface area contributed by atoms with E-state index in [-0.39, 0.29) is 24.0 Å². The topological polar surface area (TPSA) is 71.5 Å². The number of benzene rings is 1. The summed E-state index contributed by atoms with van der Waals surface area (Å²) in [5, 5.41) is 5.19. The van der Waals surface area contributed by atoms with E-state index in [1.54, 1.807) is 6.92 Å². The molecule has 1 aromatic heterocycles. The van der Waals surface area contributed by atoms with Crippen molar-refractivity contribution in [2.24, 2.45) is 0 Å². The molecule has 2 N–H and O–H groups in total. The van der Waals surface area contributed by atoms with Gasteiger partial charge in [0.1, 0.15) is 22.9 Å². The van der Waals surface area contributed by atoms with E-state index in [1.807, 2.05) is 0 Å². The predicted molar refractivity (Wildman–Crippen MR) is 104 cm³/mol. The Kier molecular flexibility index (Phi) is 6.93. The highest BCUT2D eigenvalue weighted by molar-refractivity contribution is 5.60. The number of rotatable bonds is 7. The zero-order valence-electron chi connectivity index (χ0n) is 16.6. The molecule has 0 bridgehead atoms. The molecule has 0 aliphatic carbocycles. The predicted octanol–water partition coefficient (Wildman–Crippen LogP) is 3.65.